The molecule has 1 N–H and O–H groups in total. The van der Waals surface area contributed by atoms with E-state index in [1.807, 2.05) is 13.0 Å². The van der Waals surface area contributed by atoms with E-state index in [1.54, 1.807) is 6.20 Å². The van der Waals surface area contributed by atoms with Crippen molar-refractivity contribution in [2.45, 2.75) is 27.2 Å². The molecule has 90 valence electrons. The molecule has 0 fully saturated rings. The van der Waals surface area contributed by atoms with Crippen molar-refractivity contribution in [3.63, 3.8) is 0 Å². The van der Waals surface area contributed by atoms with Gasteiger partial charge in [-0.3, -0.25) is 0 Å². The smallest absolute Gasteiger partial charge is 0.224 e. The zero-order valence-electron chi connectivity index (χ0n) is 10.7. The Balaban J connectivity index is 2.67. The summed E-state index contributed by atoms with van der Waals surface area (Å²) >= 11 is 0. The third kappa shape index (κ3) is 3.68. The van der Waals surface area contributed by atoms with Crippen molar-refractivity contribution < 1.29 is 0 Å². The summed E-state index contributed by atoms with van der Waals surface area (Å²) in [6.45, 7) is 8.38. The highest BCUT2D eigenvalue weighted by molar-refractivity contribution is 5.41. The molecule has 1 aromatic rings. The van der Waals surface area contributed by atoms with Crippen LogP contribution < -0.4 is 10.2 Å². The van der Waals surface area contributed by atoms with E-state index in [0.717, 1.165) is 18.9 Å². The van der Waals surface area contributed by atoms with Gasteiger partial charge in [-0.05, 0) is 18.9 Å². The molecule has 1 atom stereocenters. The minimum atomic E-state index is 0.683. The van der Waals surface area contributed by atoms with Crippen molar-refractivity contribution in [2.75, 3.05) is 30.4 Å². The Morgan fingerprint density at radius 1 is 1.44 bits per heavy atom. The van der Waals surface area contributed by atoms with Crippen LogP contribution in [0.3, 0.4) is 0 Å². The number of hydrogen-bond acceptors (Lipinski definition) is 4. The van der Waals surface area contributed by atoms with E-state index in [9.17, 15) is 0 Å². The molecule has 4 heteroatoms. The lowest BCUT2D eigenvalue weighted by atomic mass is 10.1. The summed E-state index contributed by atoms with van der Waals surface area (Å²) in [6.07, 6.45) is 2.99. The van der Waals surface area contributed by atoms with Crippen molar-refractivity contribution in [1.29, 1.82) is 0 Å². The van der Waals surface area contributed by atoms with Crippen LogP contribution in [0.1, 0.15) is 27.2 Å². The van der Waals surface area contributed by atoms with Crippen LogP contribution in [-0.4, -0.2) is 30.1 Å². The van der Waals surface area contributed by atoms with Gasteiger partial charge in [0.05, 0.1) is 0 Å². The standard InChI is InChI=1S/C12H22N4/c1-5-10(3)9-16(4)11-7-8-14-12(15-11)13-6-2/h7-8,10H,5-6,9H2,1-4H3,(H,13,14,15). The van der Waals surface area contributed by atoms with Crippen LogP contribution in [0.25, 0.3) is 0 Å². The quantitative estimate of drug-likeness (QED) is 0.802. The highest BCUT2D eigenvalue weighted by Gasteiger charge is 2.07. The second-order valence-corrected chi connectivity index (χ2v) is 4.16. The predicted molar refractivity (Wildman–Crippen MR) is 68.9 cm³/mol. The zero-order valence-corrected chi connectivity index (χ0v) is 10.7. The summed E-state index contributed by atoms with van der Waals surface area (Å²) in [5, 5.41) is 3.12. The van der Waals surface area contributed by atoms with Crippen LogP contribution in [0.4, 0.5) is 11.8 Å². The lowest BCUT2D eigenvalue weighted by molar-refractivity contribution is 0.557. The van der Waals surface area contributed by atoms with Crippen molar-refractivity contribution in [3.05, 3.63) is 12.3 Å². The van der Waals surface area contributed by atoms with Crippen LogP contribution in [-0.2, 0) is 0 Å². The Morgan fingerprint density at radius 2 is 2.19 bits per heavy atom. The summed E-state index contributed by atoms with van der Waals surface area (Å²) in [5.74, 6) is 2.37. The molecule has 0 spiro atoms. The first-order valence-electron chi connectivity index (χ1n) is 5.95. The average Bonchev–Trinajstić information content (AvgIpc) is 2.29. The third-order valence-corrected chi connectivity index (χ3v) is 2.65. The highest BCUT2D eigenvalue weighted by Crippen LogP contribution is 2.13. The fraction of sp³-hybridized carbons (Fsp3) is 0.667. The van der Waals surface area contributed by atoms with Gasteiger partial charge in [0.25, 0.3) is 0 Å². The lowest BCUT2D eigenvalue weighted by Crippen LogP contribution is -2.24. The van der Waals surface area contributed by atoms with E-state index < -0.39 is 0 Å². The Bertz CT molecular complexity index is 314. The minimum Gasteiger partial charge on any atom is -0.359 e. The van der Waals surface area contributed by atoms with Gasteiger partial charge >= 0.3 is 0 Å². The maximum atomic E-state index is 4.45. The molecule has 0 saturated carbocycles. The van der Waals surface area contributed by atoms with Gasteiger partial charge in [-0.1, -0.05) is 20.3 Å². The fourth-order valence-corrected chi connectivity index (χ4v) is 1.50. The molecule has 1 unspecified atom stereocenters. The Kier molecular flexibility index (Phi) is 5.02. The minimum absolute atomic E-state index is 0.683. The molecule has 1 heterocycles. The molecule has 16 heavy (non-hydrogen) atoms. The SMILES string of the molecule is CCNc1nccc(N(C)CC(C)CC)n1. The monoisotopic (exact) mass is 222 g/mol. The van der Waals surface area contributed by atoms with Gasteiger partial charge < -0.3 is 10.2 Å². The molecular weight excluding hydrogens is 200 g/mol. The van der Waals surface area contributed by atoms with Crippen molar-refractivity contribution >= 4 is 11.8 Å². The molecule has 0 radical (unpaired) electrons. The molecule has 1 rings (SSSR count). The van der Waals surface area contributed by atoms with Crippen LogP contribution in [0, 0.1) is 5.92 Å². The van der Waals surface area contributed by atoms with Gasteiger partial charge in [0.2, 0.25) is 5.95 Å². The van der Waals surface area contributed by atoms with Gasteiger partial charge in [0.15, 0.2) is 0 Å². The molecule has 0 aromatic carbocycles. The van der Waals surface area contributed by atoms with E-state index in [1.165, 1.54) is 6.42 Å². The van der Waals surface area contributed by atoms with E-state index in [4.69, 9.17) is 0 Å². The first-order chi connectivity index (χ1) is 7.67. The number of aromatic nitrogens is 2. The third-order valence-electron chi connectivity index (χ3n) is 2.65. The summed E-state index contributed by atoms with van der Waals surface area (Å²) in [4.78, 5) is 10.8. The van der Waals surface area contributed by atoms with E-state index in [0.29, 0.717) is 11.9 Å². The second kappa shape index (κ2) is 6.30. The van der Waals surface area contributed by atoms with Crippen LogP contribution >= 0.6 is 0 Å². The molecule has 0 aliphatic carbocycles. The van der Waals surface area contributed by atoms with E-state index in [-0.39, 0.29) is 0 Å². The summed E-state index contributed by atoms with van der Waals surface area (Å²) in [5.41, 5.74) is 0. The van der Waals surface area contributed by atoms with Crippen LogP contribution in [0.2, 0.25) is 0 Å². The molecule has 0 amide bonds. The molecule has 0 aliphatic rings. The van der Waals surface area contributed by atoms with Gasteiger partial charge in [-0.25, -0.2) is 4.98 Å². The Morgan fingerprint density at radius 3 is 2.81 bits per heavy atom. The summed E-state index contributed by atoms with van der Waals surface area (Å²) in [6, 6.07) is 1.95. The zero-order chi connectivity index (χ0) is 12.0. The topological polar surface area (TPSA) is 41.1 Å². The number of nitrogens with zero attached hydrogens (tertiary/aromatic N) is 3. The molecule has 0 saturated heterocycles. The molecule has 4 nitrogen and oxygen atoms in total. The fourth-order valence-electron chi connectivity index (χ4n) is 1.50. The van der Waals surface area contributed by atoms with E-state index >= 15 is 0 Å². The van der Waals surface area contributed by atoms with E-state index in [2.05, 4.69) is 41.1 Å². The average molecular weight is 222 g/mol. The first kappa shape index (κ1) is 12.7. The summed E-state index contributed by atoms with van der Waals surface area (Å²) in [7, 11) is 2.07. The summed E-state index contributed by atoms with van der Waals surface area (Å²) < 4.78 is 0. The number of rotatable bonds is 6. The van der Waals surface area contributed by atoms with Gasteiger partial charge in [-0.2, -0.15) is 4.98 Å². The molecular formula is C12H22N4. The molecule has 0 bridgehead atoms. The van der Waals surface area contributed by atoms with Crippen molar-refractivity contribution in [3.8, 4) is 0 Å². The largest absolute Gasteiger partial charge is 0.359 e. The number of nitrogens with one attached hydrogen (secondary N) is 1. The Labute approximate surface area is 98.1 Å². The maximum absolute atomic E-state index is 4.45. The van der Waals surface area contributed by atoms with Crippen molar-refractivity contribution in [1.82, 2.24) is 9.97 Å². The molecule has 1 aromatic heterocycles. The highest BCUT2D eigenvalue weighted by atomic mass is 15.2. The number of hydrogen-bond donors (Lipinski definition) is 1. The van der Waals surface area contributed by atoms with Gasteiger partial charge in [-0.15, -0.1) is 0 Å². The second-order valence-electron chi connectivity index (χ2n) is 4.16. The molecule has 0 aliphatic heterocycles. The van der Waals surface area contributed by atoms with Gasteiger partial charge in [0, 0.05) is 26.3 Å². The Hall–Kier alpha value is -1.32. The van der Waals surface area contributed by atoms with Gasteiger partial charge in [0.1, 0.15) is 5.82 Å². The van der Waals surface area contributed by atoms with Crippen molar-refractivity contribution in [2.24, 2.45) is 5.92 Å². The number of anilines is 2. The maximum Gasteiger partial charge on any atom is 0.224 e. The first-order valence-corrected chi connectivity index (χ1v) is 5.95. The lowest BCUT2D eigenvalue weighted by Gasteiger charge is -2.21. The normalized spacial score (nSPS) is 12.2. The van der Waals surface area contributed by atoms with Crippen LogP contribution in [0.5, 0.6) is 0 Å². The predicted octanol–water partition coefficient (Wildman–Crippen LogP) is 2.39. The van der Waals surface area contributed by atoms with Crippen LogP contribution in [0.15, 0.2) is 12.3 Å².